The van der Waals surface area contributed by atoms with E-state index in [0.717, 1.165) is 28.2 Å². The molecule has 2 fully saturated rings. The highest BCUT2D eigenvalue weighted by atomic mass is 32.2. The molecule has 5 rings (SSSR count). The van der Waals surface area contributed by atoms with Crippen molar-refractivity contribution in [3.8, 4) is 0 Å². The smallest absolute Gasteiger partial charge is 0.219 e. The Hall–Kier alpha value is -1.84. The lowest BCUT2D eigenvalue weighted by molar-refractivity contribution is -0.249. The van der Waals surface area contributed by atoms with Crippen molar-refractivity contribution in [1.29, 1.82) is 0 Å². The van der Waals surface area contributed by atoms with Crippen LogP contribution >= 0.6 is 23.5 Å². The van der Waals surface area contributed by atoms with E-state index in [-0.39, 0.29) is 16.8 Å². The van der Waals surface area contributed by atoms with E-state index >= 15 is 0 Å². The van der Waals surface area contributed by atoms with Gasteiger partial charge in [0.25, 0.3) is 0 Å². The van der Waals surface area contributed by atoms with Gasteiger partial charge in [-0.25, -0.2) is 0 Å². The topological polar surface area (TPSA) is 46.2 Å². The zero-order chi connectivity index (χ0) is 26.0. The molecule has 3 aromatic carbocycles. The van der Waals surface area contributed by atoms with E-state index in [2.05, 4.69) is 36.4 Å². The Balaban J connectivity index is 1.40. The molecule has 2 heterocycles. The predicted molar refractivity (Wildman–Crippen MR) is 154 cm³/mol. The third-order valence-corrected chi connectivity index (χ3v) is 9.95. The number of benzene rings is 3. The molecule has 2 saturated heterocycles. The Labute approximate surface area is 234 Å². The van der Waals surface area contributed by atoms with Crippen LogP contribution in [0.15, 0.2) is 91.0 Å². The molecule has 2 aliphatic rings. The lowest BCUT2D eigenvalue weighted by atomic mass is 10.0. The summed E-state index contributed by atoms with van der Waals surface area (Å²) in [6.07, 6.45) is 0.0486. The number of ether oxygens (including phenoxy) is 5. The van der Waals surface area contributed by atoms with E-state index in [9.17, 15) is 0 Å². The maximum atomic E-state index is 6.84. The normalized spacial score (nSPS) is 26.0. The van der Waals surface area contributed by atoms with Crippen molar-refractivity contribution < 1.29 is 23.7 Å². The lowest BCUT2D eigenvalue weighted by Gasteiger charge is -2.40. The van der Waals surface area contributed by atoms with Crippen molar-refractivity contribution >= 4 is 23.5 Å². The quantitative estimate of drug-likeness (QED) is 0.261. The van der Waals surface area contributed by atoms with Crippen LogP contribution in [0.3, 0.4) is 0 Å². The number of hydrogen-bond donors (Lipinski definition) is 0. The summed E-state index contributed by atoms with van der Waals surface area (Å²) < 4.78 is 32.7. The summed E-state index contributed by atoms with van der Waals surface area (Å²) in [5, 5.41) is 0. The number of rotatable bonds is 12. The Bertz CT molecular complexity index is 1080. The van der Waals surface area contributed by atoms with E-state index in [1.165, 1.54) is 6.42 Å². The molecule has 202 valence electrons. The maximum Gasteiger partial charge on any atom is 0.219 e. The van der Waals surface area contributed by atoms with Gasteiger partial charge in [-0.05, 0) is 34.6 Å². The molecule has 0 saturated carbocycles. The summed E-state index contributed by atoms with van der Waals surface area (Å²) in [4.78, 5) is 0. The largest absolute Gasteiger partial charge is 0.374 e. The van der Waals surface area contributed by atoms with Crippen LogP contribution in [0.4, 0.5) is 0 Å². The van der Waals surface area contributed by atoms with Crippen LogP contribution in [0, 0.1) is 0 Å². The van der Waals surface area contributed by atoms with Gasteiger partial charge in [-0.3, -0.25) is 0 Å². The molecule has 5 nitrogen and oxygen atoms in total. The molecule has 0 unspecified atom stereocenters. The third kappa shape index (κ3) is 6.83. The van der Waals surface area contributed by atoms with Gasteiger partial charge in [-0.1, -0.05) is 91.0 Å². The fourth-order valence-electron chi connectivity index (χ4n) is 4.89. The molecular formula is C31H36O5S2. The second-order valence-electron chi connectivity index (χ2n) is 9.49. The van der Waals surface area contributed by atoms with Crippen LogP contribution in [-0.4, -0.2) is 53.9 Å². The minimum Gasteiger partial charge on any atom is -0.374 e. The first-order valence-corrected chi connectivity index (χ1v) is 15.3. The number of methoxy groups -OCH3 is 1. The molecule has 7 heteroatoms. The summed E-state index contributed by atoms with van der Waals surface area (Å²) in [6.45, 7) is 1.80. The second-order valence-corrected chi connectivity index (χ2v) is 12.2. The van der Waals surface area contributed by atoms with Crippen LogP contribution in [0.2, 0.25) is 0 Å². The molecule has 3 aromatic rings. The van der Waals surface area contributed by atoms with Gasteiger partial charge in [0.15, 0.2) is 0 Å². The Morgan fingerprint density at radius 3 is 1.82 bits per heavy atom. The first-order chi connectivity index (χ1) is 18.8. The van der Waals surface area contributed by atoms with Crippen LogP contribution in [-0.2, 0) is 43.5 Å². The van der Waals surface area contributed by atoms with E-state index in [0.29, 0.717) is 26.4 Å². The first kappa shape index (κ1) is 27.7. The van der Waals surface area contributed by atoms with Crippen LogP contribution in [0.25, 0.3) is 0 Å². The fraction of sp³-hybridized carbons (Fsp3) is 0.419. The van der Waals surface area contributed by atoms with E-state index < -0.39 is 11.9 Å². The summed E-state index contributed by atoms with van der Waals surface area (Å²) >= 11 is 3.77. The van der Waals surface area contributed by atoms with Gasteiger partial charge in [-0.15, -0.1) is 23.5 Å². The van der Waals surface area contributed by atoms with Crippen molar-refractivity contribution in [2.45, 2.75) is 54.9 Å². The van der Waals surface area contributed by atoms with Crippen LogP contribution in [0.1, 0.15) is 23.1 Å². The van der Waals surface area contributed by atoms with E-state index in [1.807, 2.05) is 78.1 Å². The SMILES string of the molecule is CO[C@]1(C2SCCCS2)O[C@@H](COCc2ccccc2)[C@H](OCc2ccccc2)[C@H]1OCc1ccccc1. The van der Waals surface area contributed by atoms with Crippen molar-refractivity contribution in [3.05, 3.63) is 108 Å². The molecule has 0 amide bonds. The molecule has 2 aliphatic heterocycles. The number of hydrogen-bond acceptors (Lipinski definition) is 7. The summed E-state index contributed by atoms with van der Waals surface area (Å²) in [5.74, 6) is 1.19. The highest BCUT2D eigenvalue weighted by Crippen LogP contribution is 2.49. The van der Waals surface area contributed by atoms with Gasteiger partial charge in [0, 0.05) is 7.11 Å². The molecule has 0 radical (unpaired) electrons. The predicted octanol–water partition coefficient (Wildman–Crippen LogP) is 6.31. The Morgan fingerprint density at radius 2 is 1.26 bits per heavy atom. The minimum absolute atomic E-state index is 0.0731. The van der Waals surface area contributed by atoms with Crippen molar-refractivity contribution in [2.75, 3.05) is 25.2 Å². The van der Waals surface area contributed by atoms with Crippen molar-refractivity contribution in [1.82, 2.24) is 0 Å². The van der Waals surface area contributed by atoms with Gasteiger partial charge >= 0.3 is 0 Å². The van der Waals surface area contributed by atoms with Crippen molar-refractivity contribution in [3.63, 3.8) is 0 Å². The van der Waals surface area contributed by atoms with E-state index in [4.69, 9.17) is 23.7 Å². The zero-order valence-electron chi connectivity index (χ0n) is 21.8. The summed E-state index contributed by atoms with van der Waals surface area (Å²) in [6, 6.07) is 30.7. The minimum atomic E-state index is -0.952. The van der Waals surface area contributed by atoms with Gasteiger partial charge in [-0.2, -0.15) is 0 Å². The zero-order valence-corrected chi connectivity index (χ0v) is 23.4. The Kier molecular flexibility index (Phi) is 10.2. The lowest BCUT2D eigenvalue weighted by Crippen LogP contribution is -2.53. The summed E-state index contributed by atoms with van der Waals surface area (Å²) in [7, 11) is 1.73. The molecule has 0 aromatic heterocycles. The average Bonchev–Trinajstić information content (AvgIpc) is 3.30. The Morgan fingerprint density at radius 1 is 0.737 bits per heavy atom. The first-order valence-electron chi connectivity index (χ1n) is 13.2. The highest BCUT2D eigenvalue weighted by Gasteiger charge is 2.62. The molecule has 0 bridgehead atoms. The van der Waals surface area contributed by atoms with Crippen LogP contribution in [0.5, 0.6) is 0 Å². The molecule has 0 aliphatic carbocycles. The molecule has 0 spiro atoms. The van der Waals surface area contributed by atoms with Gasteiger partial charge in [0.2, 0.25) is 5.79 Å². The van der Waals surface area contributed by atoms with Gasteiger partial charge in [0.05, 0.1) is 26.4 Å². The van der Waals surface area contributed by atoms with Gasteiger partial charge < -0.3 is 23.7 Å². The monoisotopic (exact) mass is 552 g/mol. The molecule has 38 heavy (non-hydrogen) atoms. The second kappa shape index (κ2) is 14.0. The van der Waals surface area contributed by atoms with Gasteiger partial charge in [0.1, 0.15) is 22.9 Å². The molecular weight excluding hydrogens is 516 g/mol. The molecule has 4 atom stereocenters. The molecule has 0 N–H and O–H groups in total. The standard InChI is InChI=1S/C31H36O5S2/c1-32-31(30-37-18-11-19-38-30)29(35-22-26-16-9-4-10-17-26)28(34-21-25-14-7-3-8-15-25)27(36-31)23-33-20-24-12-5-2-6-13-24/h2-10,12-17,27-30H,11,18-23H2,1H3/t27-,28-,29+,31-/m0/s1. The van der Waals surface area contributed by atoms with Crippen LogP contribution < -0.4 is 0 Å². The van der Waals surface area contributed by atoms with Crippen molar-refractivity contribution in [2.24, 2.45) is 0 Å². The maximum absolute atomic E-state index is 6.84. The summed E-state index contributed by atoms with van der Waals surface area (Å²) in [5.41, 5.74) is 3.34. The van der Waals surface area contributed by atoms with E-state index in [1.54, 1.807) is 7.11 Å². The number of thioether (sulfide) groups is 2. The average molecular weight is 553 g/mol. The highest BCUT2D eigenvalue weighted by molar-refractivity contribution is 8.17. The third-order valence-electron chi connectivity index (χ3n) is 6.82. The fourth-order valence-corrected chi connectivity index (χ4v) is 8.13.